The highest BCUT2D eigenvalue weighted by molar-refractivity contribution is 7.19. The Morgan fingerprint density at radius 1 is 1.21 bits per heavy atom. The number of fused-ring (bicyclic) bond motifs is 2. The maximum absolute atomic E-state index is 13.2. The summed E-state index contributed by atoms with van der Waals surface area (Å²) in [6.07, 6.45) is -2.65. The fraction of sp³-hybridized carbons (Fsp3) is 0.360. The molecule has 33 heavy (non-hydrogen) atoms. The van der Waals surface area contributed by atoms with Gasteiger partial charge in [-0.3, -0.25) is 4.79 Å². The molecule has 2 aromatic carbocycles. The number of hydrogen-bond donors (Lipinski definition) is 2. The molecule has 1 aliphatic rings. The van der Waals surface area contributed by atoms with Crippen LogP contribution in [0.2, 0.25) is 0 Å². The number of alkyl halides is 3. The number of carboxylic acids is 1. The molecule has 8 heteroatoms. The van der Waals surface area contributed by atoms with Gasteiger partial charge in [0.2, 0.25) is 0 Å². The average molecular weight is 476 g/mol. The van der Waals surface area contributed by atoms with E-state index in [9.17, 15) is 28.3 Å². The molecule has 0 saturated carbocycles. The summed E-state index contributed by atoms with van der Waals surface area (Å²) < 4.78 is 40.1. The van der Waals surface area contributed by atoms with Crippen LogP contribution in [0.1, 0.15) is 58.9 Å². The van der Waals surface area contributed by atoms with Crippen LogP contribution in [-0.4, -0.2) is 22.0 Å². The van der Waals surface area contributed by atoms with Gasteiger partial charge in [0.1, 0.15) is 0 Å². The lowest BCUT2D eigenvalue weighted by Crippen LogP contribution is -2.13. The van der Waals surface area contributed by atoms with Gasteiger partial charge < -0.3 is 10.3 Å². The first-order chi connectivity index (χ1) is 15.6. The molecule has 0 amide bonds. The predicted octanol–water partition coefficient (Wildman–Crippen LogP) is 6.65. The van der Waals surface area contributed by atoms with E-state index in [0.29, 0.717) is 36.1 Å². The van der Waals surface area contributed by atoms with Crippen molar-refractivity contribution in [2.24, 2.45) is 11.1 Å². The second-order valence-corrected chi connectivity index (χ2v) is 9.87. The number of rotatable bonds is 6. The molecule has 4 rings (SSSR count). The van der Waals surface area contributed by atoms with Gasteiger partial charge in [0.25, 0.3) is 0 Å². The average Bonchev–Trinajstić information content (AvgIpc) is 3.34. The van der Waals surface area contributed by atoms with E-state index in [4.69, 9.17) is 0 Å². The van der Waals surface area contributed by atoms with Gasteiger partial charge in [-0.15, -0.1) is 11.3 Å². The molecule has 0 radical (unpaired) electrons. The minimum absolute atomic E-state index is 0.122. The van der Waals surface area contributed by atoms with Gasteiger partial charge in [-0.05, 0) is 65.8 Å². The van der Waals surface area contributed by atoms with Crippen LogP contribution in [0, 0.1) is 5.92 Å². The molecule has 1 aromatic heterocycles. The maximum Gasteiger partial charge on any atom is 0.416 e. The lowest BCUT2D eigenvalue weighted by Gasteiger charge is -2.12. The topological polar surface area (TPSA) is 69.9 Å². The SMILES string of the molecule is CC(C)c1c(CC/C(=N\O)c2cccc3c2CC(C(=O)O)C3)sc2cc(C(F)(F)F)ccc12. The van der Waals surface area contributed by atoms with Gasteiger partial charge >= 0.3 is 12.1 Å². The molecule has 1 aliphatic carbocycles. The zero-order chi connectivity index (χ0) is 23.9. The zero-order valence-electron chi connectivity index (χ0n) is 18.2. The Hall–Kier alpha value is -2.87. The molecular weight excluding hydrogens is 451 g/mol. The van der Waals surface area contributed by atoms with Crippen molar-refractivity contribution in [2.75, 3.05) is 0 Å². The third-order valence-corrected chi connectivity index (χ3v) is 7.50. The van der Waals surface area contributed by atoms with Gasteiger partial charge in [-0.1, -0.05) is 43.3 Å². The van der Waals surface area contributed by atoms with E-state index in [-0.39, 0.29) is 5.92 Å². The highest BCUT2D eigenvalue weighted by atomic mass is 32.1. The first kappa shape index (κ1) is 23.3. The standard InChI is InChI=1S/C25H24F3NO3S/c1-13(2)23-18-7-6-16(25(26,27)28)12-22(18)33-21(23)9-8-20(29-32)17-5-3-4-14-10-15(24(30)31)11-19(14)17/h3-7,12-13,15,32H,8-11H2,1-2H3,(H,30,31)/b29-20+. The van der Waals surface area contributed by atoms with Crippen molar-refractivity contribution >= 4 is 33.1 Å². The van der Waals surface area contributed by atoms with Crippen molar-refractivity contribution in [3.8, 4) is 0 Å². The third-order valence-electron chi connectivity index (χ3n) is 6.27. The number of halogens is 3. The molecule has 4 nitrogen and oxygen atoms in total. The molecule has 0 saturated heterocycles. The normalized spacial score (nSPS) is 16.5. The van der Waals surface area contributed by atoms with Crippen molar-refractivity contribution in [2.45, 2.75) is 51.6 Å². The maximum atomic E-state index is 13.2. The van der Waals surface area contributed by atoms with Crippen LogP contribution in [0.4, 0.5) is 13.2 Å². The van der Waals surface area contributed by atoms with Crippen molar-refractivity contribution in [3.63, 3.8) is 0 Å². The molecule has 1 atom stereocenters. The molecule has 0 fully saturated rings. The number of oxime groups is 1. The van der Waals surface area contributed by atoms with E-state index in [2.05, 4.69) is 5.16 Å². The molecule has 3 aromatic rings. The van der Waals surface area contributed by atoms with Crippen molar-refractivity contribution in [1.82, 2.24) is 0 Å². The number of benzene rings is 2. The molecule has 2 N–H and O–H groups in total. The van der Waals surface area contributed by atoms with Gasteiger partial charge in [0, 0.05) is 15.1 Å². The Morgan fingerprint density at radius 3 is 2.61 bits per heavy atom. The van der Waals surface area contributed by atoms with E-state index < -0.39 is 23.6 Å². The fourth-order valence-electron chi connectivity index (χ4n) is 4.73. The molecular formula is C25H24F3NO3S. The highest BCUT2D eigenvalue weighted by Crippen LogP contribution is 2.40. The van der Waals surface area contributed by atoms with Crippen molar-refractivity contribution in [3.05, 3.63) is 69.1 Å². The first-order valence-corrected chi connectivity index (χ1v) is 11.6. The second-order valence-electron chi connectivity index (χ2n) is 8.74. The molecule has 0 aliphatic heterocycles. The lowest BCUT2D eigenvalue weighted by molar-refractivity contribution is -0.141. The molecule has 1 heterocycles. The smallest absolute Gasteiger partial charge is 0.416 e. The number of thiophene rings is 1. The summed E-state index contributed by atoms with van der Waals surface area (Å²) in [6.45, 7) is 4.03. The fourth-order valence-corrected chi connectivity index (χ4v) is 6.13. The summed E-state index contributed by atoms with van der Waals surface area (Å²) in [5, 5.41) is 23.5. The van der Waals surface area contributed by atoms with Crippen LogP contribution in [0.25, 0.3) is 10.1 Å². The summed E-state index contributed by atoms with van der Waals surface area (Å²) in [5.74, 6) is -1.21. The van der Waals surface area contributed by atoms with Crippen LogP contribution in [-0.2, 0) is 30.2 Å². The quantitative estimate of drug-likeness (QED) is 0.238. The summed E-state index contributed by atoms with van der Waals surface area (Å²) in [4.78, 5) is 12.4. The van der Waals surface area contributed by atoms with E-state index in [1.165, 1.54) is 17.4 Å². The summed E-state index contributed by atoms with van der Waals surface area (Å²) in [6, 6.07) is 9.44. The minimum Gasteiger partial charge on any atom is -0.481 e. The molecule has 1 unspecified atom stereocenters. The van der Waals surface area contributed by atoms with Gasteiger partial charge in [0.05, 0.1) is 17.2 Å². The summed E-state index contributed by atoms with van der Waals surface area (Å²) in [7, 11) is 0. The number of carbonyl (C=O) groups is 1. The Kier molecular flexibility index (Phi) is 6.22. The van der Waals surface area contributed by atoms with Gasteiger partial charge in [-0.2, -0.15) is 13.2 Å². The Balaban J connectivity index is 1.64. The number of aryl methyl sites for hydroxylation is 1. The highest BCUT2D eigenvalue weighted by Gasteiger charge is 2.32. The van der Waals surface area contributed by atoms with E-state index in [1.54, 1.807) is 6.07 Å². The number of nitrogens with zero attached hydrogens (tertiary/aromatic N) is 1. The third kappa shape index (κ3) is 4.49. The first-order valence-electron chi connectivity index (χ1n) is 10.8. The van der Waals surface area contributed by atoms with Crippen LogP contribution < -0.4 is 0 Å². The predicted molar refractivity (Wildman–Crippen MR) is 123 cm³/mol. The number of carboxylic acid groups (broad SMARTS) is 1. The Bertz CT molecular complexity index is 1240. The van der Waals surface area contributed by atoms with Crippen LogP contribution in [0.15, 0.2) is 41.6 Å². The molecule has 0 spiro atoms. The molecule has 0 bridgehead atoms. The van der Waals surface area contributed by atoms with Crippen molar-refractivity contribution in [1.29, 1.82) is 0 Å². The van der Waals surface area contributed by atoms with Gasteiger partial charge in [-0.25, -0.2) is 0 Å². The zero-order valence-corrected chi connectivity index (χ0v) is 19.1. The van der Waals surface area contributed by atoms with Gasteiger partial charge in [0.15, 0.2) is 0 Å². The largest absolute Gasteiger partial charge is 0.481 e. The second kappa shape index (κ2) is 8.82. The van der Waals surface area contributed by atoms with Crippen LogP contribution >= 0.6 is 11.3 Å². The molecule has 174 valence electrons. The summed E-state index contributed by atoms with van der Waals surface area (Å²) in [5.41, 5.74) is 3.40. The summed E-state index contributed by atoms with van der Waals surface area (Å²) >= 11 is 1.35. The lowest BCUT2D eigenvalue weighted by atomic mass is 9.94. The van der Waals surface area contributed by atoms with E-state index in [1.807, 2.05) is 32.0 Å². The Labute approximate surface area is 193 Å². The van der Waals surface area contributed by atoms with Crippen LogP contribution in [0.3, 0.4) is 0 Å². The van der Waals surface area contributed by atoms with Crippen molar-refractivity contribution < 1.29 is 28.3 Å². The Morgan fingerprint density at radius 2 is 1.97 bits per heavy atom. The van der Waals surface area contributed by atoms with E-state index in [0.717, 1.165) is 38.6 Å². The number of hydrogen-bond acceptors (Lipinski definition) is 4. The van der Waals surface area contributed by atoms with E-state index >= 15 is 0 Å². The number of aliphatic carboxylic acids is 1. The van der Waals surface area contributed by atoms with Crippen LogP contribution in [0.5, 0.6) is 0 Å². The minimum atomic E-state index is -4.39. The monoisotopic (exact) mass is 475 g/mol.